The van der Waals surface area contributed by atoms with E-state index in [-0.39, 0.29) is 12.1 Å². The van der Waals surface area contributed by atoms with E-state index in [1.54, 1.807) is 0 Å². The Morgan fingerprint density at radius 2 is 2.00 bits per heavy atom. The molecule has 1 aromatic carbocycles. The molecule has 1 aromatic heterocycles. The summed E-state index contributed by atoms with van der Waals surface area (Å²) in [7, 11) is 0. The molecule has 0 aliphatic carbocycles. The van der Waals surface area contributed by atoms with Crippen molar-refractivity contribution in [2.45, 2.75) is 26.0 Å². The number of nitrogens with two attached hydrogens (primary N) is 1. The molecule has 0 radical (unpaired) electrons. The van der Waals surface area contributed by atoms with E-state index >= 15 is 0 Å². The average Bonchev–Trinajstić information content (AvgIpc) is 2.86. The van der Waals surface area contributed by atoms with E-state index in [2.05, 4.69) is 10.1 Å². The molecule has 2 rings (SSSR count). The van der Waals surface area contributed by atoms with Crippen LogP contribution in [-0.2, 0) is 4.74 Å². The van der Waals surface area contributed by atoms with Gasteiger partial charge in [-0.25, -0.2) is 0 Å². The Morgan fingerprint density at radius 3 is 2.67 bits per heavy atom. The first kappa shape index (κ1) is 12.7. The molecule has 5 nitrogen and oxygen atoms in total. The minimum atomic E-state index is -0.367. The van der Waals surface area contributed by atoms with E-state index in [0.29, 0.717) is 18.3 Å². The highest BCUT2D eigenvalue weighted by atomic mass is 16.5. The molecule has 96 valence electrons. The van der Waals surface area contributed by atoms with E-state index in [1.807, 2.05) is 44.2 Å². The van der Waals surface area contributed by atoms with Crippen LogP contribution in [0.3, 0.4) is 0 Å². The summed E-state index contributed by atoms with van der Waals surface area (Å²) in [6, 6.07) is 9.22. The Hall–Kier alpha value is -1.72. The zero-order valence-electron chi connectivity index (χ0n) is 10.5. The Kier molecular flexibility index (Phi) is 4.07. The number of nitrogens with zero attached hydrogens (tertiary/aromatic N) is 2. The van der Waals surface area contributed by atoms with Gasteiger partial charge in [-0.15, -0.1) is 0 Å². The van der Waals surface area contributed by atoms with Crippen molar-refractivity contribution in [3.05, 3.63) is 36.2 Å². The zero-order valence-corrected chi connectivity index (χ0v) is 10.5. The molecule has 0 spiro atoms. The number of hydrogen-bond acceptors (Lipinski definition) is 5. The topological polar surface area (TPSA) is 74.2 Å². The first-order chi connectivity index (χ1) is 8.66. The molecule has 2 aromatic rings. The lowest BCUT2D eigenvalue weighted by molar-refractivity contribution is 0.0665. The van der Waals surface area contributed by atoms with Crippen LogP contribution >= 0.6 is 0 Å². The second-order valence-electron chi connectivity index (χ2n) is 4.31. The summed E-state index contributed by atoms with van der Waals surface area (Å²) < 4.78 is 10.6. The van der Waals surface area contributed by atoms with E-state index in [4.69, 9.17) is 15.0 Å². The Morgan fingerprint density at radius 1 is 1.28 bits per heavy atom. The van der Waals surface area contributed by atoms with Crippen molar-refractivity contribution < 1.29 is 9.26 Å². The molecule has 1 atom stereocenters. The summed E-state index contributed by atoms with van der Waals surface area (Å²) in [6.45, 7) is 4.29. The molecule has 0 amide bonds. The highest BCUT2D eigenvalue weighted by Crippen LogP contribution is 2.18. The van der Waals surface area contributed by atoms with E-state index in [1.165, 1.54) is 0 Å². The maximum atomic E-state index is 5.92. The number of ether oxygens (including phenoxy) is 1. The lowest BCUT2D eigenvalue weighted by Crippen LogP contribution is -2.20. The van der Waals surface area contributed by atoms with Gasteiger partial charge >= 0.3 is 0 Å². The van der Waals surface area contributed by atoms with Crippen LogP contribution in [0.2, 0.25) is 0 Å². The van der Waals surface area contributed by atoms with Crippen molar-refractivity contribution >= 4 is 0 Å². The van der Waals surface area contributed by atoms with Crippen LogP contribution in [0.5, 0.6) is 0 Å². The van der Waals surface area contributed by atoms with E-state index in [0.717, 1.165) is 5.56 Å². The largest absolute Gasteiger partial charge is 0.377 e. The number of rotatable bonds is 5. The van der Waals surface area contributed by atoms with Crippen LogP contribution in [-0.4, -0.2) is 22.9 Å². The Balaban J connectivity index is 2.06. The predicted octanol–water partition coefficient (Wildman–Crippen LogP) is 2.16. The molecule has 1 heterocycles. The lowest BCUT2D eigenvalue weighted by atomic mass is 10.2. The summed E-state index contributed by atoms with van der Waals surface area (Å²) in [5.41, 5.74) is 6.81. The number of aromatic nitrogens is 2. The third-order valence-corrected chi connectivity index (χ3v) is 2.40. The third-order valence-electron chi connectivity index (χ3n) is 2.40. The molecule has 0 bridgehead atoms. The quantitative estimate of drug-likeness (QED) is 0.876. The molecular formula is C13H17N3O2. The molecule has 0 aliphatic heterocycles. The van der Waals surface area contributed by atoms with Gasteiger partial charge in [0.1, 0.15) is 0 Å². The molecule has 1 unspecified atom stereocenters. The molecule has 0 saturated carbocycles. The first-order valence-electron chi connectivity index (χ1n) is 5.93. The van der Waals surface area contributed by atoms with Gasteiger partial charge in [-0.2, -0.15) is 4.98 Å². The number of hydrogen-bond donors (Lipinski definition) is 1. The molecular weight excluding hydrogens is 230 g/mol. The fourth-order valence-corrected chi connectivity index (χ4v) is 1.45. The molecule has 0 aliphatic rings. The highest BCUT2D eigenvalue weighted by Gasteiger charge is 2.15. The second kappa shape index (κ2) is 5.75. The van der Waals surface area contributed by atoms with Gasteiger partial charge in [0.25, 0.3) is 5.89 Å². The smallest absolute Gasteiger partial charge is 0.257 e. The van der Waals surface area contributed by atoms with Crippen LogP contribution in [0, 0.1) is 0 Å². The second-order valence-corrected chi connectivity index (χ2v) is 4.31. The maximum Gasteiger partial charge on any atom is 0.257 e. The maximum absolute atomic E-state index is 5.92. The van der Waals surface area contributed by atoms with Gasteiger partial charge < -0.3 is 15.0 Å². The third kappa shape index (κ3) is 3.15. The normalized spacial score (nSPS) is 12.9. The molecule has 0 fully saturated rings. The van der Waals surface area contributed by atoms with Crippen molar-refractivity contribution in [3.8, 4) is 11.5 Å². The SMILES string of the molecule is CC(C)OCC(N)c1noc(-c2ccccc2)n1. The predicted molar refractivity (Wildman–Crippen MR) is 67.8 cm³/mol. The Labute approximate surface area is 106 Å². The minimum absolute atomic E-state index is 0.136. The van der Waals surface area contributed by atoms with Gasteiger partial charge in [-0.05, 0) is 26.0 Å². The Bertz CT molecular complexity index is 482. The summed E-state index contributed by atoms with van der Waals surface area (Å²) in [4.78, 5) is 4.28. The number of benzene rings is 1. The van der Waals surface area contributed by atoms with Crippen LogP contribution in [0.25, 0.3) is 11.5 Å². The van der Waals surface area contributed by atoms with Crippen LogP contribution in [0.1, 0.15) is 25.7 Å². The molecule has 2 N–H and O–H groups in total. The summed E-state index contributed by atoms with van der Waals surface area (Å²) in [5, 5.41) is 3.88. The summed E-state index contributed by atoms with van der Waals surface area (Å²) in [6.07, 6.45) is 0.136. The molecule has 18 heavy (non-hydrogen) atoms. The van der Waals surface area contributed by atoms with Crippen molar-refractivity contribution in [2.75, 3.05) is 6.61 Å². The average molecular weight is 247 g/mol. The van der Waals surface area contributed by atoms with Crippen LogP contribution in [0.4, 0.5) is 0 Å². The lowest BCUT2D eigenvalue weighted by Gasteiger charge is -2.10. The fourth-order valence-electron chi connectivity index (χ4n) is 1.45. The first-order valence-corrected chi connectivity index (χ1v) is 5.93. The summed E-state index contributed by atoms with van der Waals surface area (Å²) in [5.74, 6) is 0.945. The van der Waals surface area contributed by atoms with Gasteiger partial charge in [0.2, 0.25) is 0 Å². The van der Waals surface area contributed by atoms with Crippen LogP contribution in [0.15, 0.2) is 34.9 Å². The van der Waals surface area contributed by atoms with Gasteiger partial charge in [-0.3, -0.25) is 0 Å². The van der Waals surface area contributed by atoms with Crippen molar-refractivity contribution in [1.29, 1.82) is 0 Å². The monoisotopic (exact) mass is 247 g/mol. The van der Waals surface area contributed by atoms with Gasteiger partial charge in [-0.1, -0.05) is 23.4 Å². The van der Waals surface area contributed by atoms with Gasteiger partial charge in [0.05, 0.1) is 18.8 Å². The highest BCUT2D eigenvalue weighted by molar-refractivity contribution is 5.52. The van der Waals surface area contributed by atoms with E-state index in [9.17, 15) is 0 Å². The minimum Gasteiger partial charge on any atom is -0.377 e. The standard InChI is InChI=1S/C13H17N3O2/c1-9(2)17-8-11(14)12-15-13(18-16-12)10-6-4-3-5-7-10/h3-7,9,11H,8,14H2,1-2H3. The van der Waals surface area contributed by atoms with E-state index < -0.39 is 0 Å². The summed E-state index contributed by atoms with van der Waals surface area (Å²) >= 11 is 0. The van der Waals surface area contributed by atoms with Crippen LogP contribution < -0.4 is 5.73 Å². The van der Waals surface area contributed by atoms with Gasteiger partial charge in [0, 0.05) is 5.56 Å². The van der Waals surface area contributed by atoms with Gasteiger partial charge in [0.15, 0.2) is 5.82 Å². The fraction of sp³-hybridized carbons (Fsp3) is 0.385. The molecule has 5 heteroatoms. The molecule has 0 saturated heterocycles. The van der Waals surface area contributed by atoms with Crippen molar-refractivity contribution in [2.24, 2.45) is 5.73 Å². The van der Waals surface area contributed by atoms with Crippen molar-refractivity contribution in [3.63, 3.8) is 0 Å². The van der Waals surface area contributed by atoms with Crippen molar-refractivity contribution in [1.82, 2.24) is 10.1 Å². The zero-order chi connectivity index (χ0) is 13.0.